The van der Waals surface area contributed by atoms with Crippen LogP contribution in [0.2, 0.25) is 13.1 Å². The molecule has 7 aromatic carbocycles. The predicted octanol–water partition coefficient (Wildman–Crippen LogP) is 10.7. The van der Waals surface area contributed by atoms with Crippen molar-refractivity contribution in [1.82, 2.24) is 0 Å². The van der Waals surface area contributed by atoms with Crippen molar-refractivity contribution in [2.45, 2.75) is 58.0 Å². The molecule has 56 heavy (non-hydrogen) atoms. The van der Waals surface area contributed by atoms with E-state index in [1.807, 2.05) is 0 Å². The van der Waals surface area contributed by atoms with Gasteiger partial charge in [-0.1, -0.05) is 129 Å². The highest BCUT2D eigenvalue weighted by Crippen LogP contribution is 2.48. The summed E-state index contributed by atoms with van der Waals surface area (Å²) in [6.45, 7) is 7.35. The Balaban J connectivity index is 1.21. The van der Waals surface area contributed by atoms with Gasteiger partial charge in [-0.25, -0.2) is 0 Å². The van der Waals surface area contributed by atoms with Crippen LogP contribution in [0, 0.1) is 6.92 Å². The summed E-state index contributed by atoms with van der Waals surface area (Å²) in [5, 5.41) is 2.97. The predicted molar refractivity (Wildman–Crippen MR) is 242 cm³/mol. The summed E-state index contributed by atoms with van der Waals surface area (Å²) in [6.07, 6.45) is 6.45. The number of aryl methyl sites for hydroxylation is 1. The molecule has 0 amide bonds. The quantitative estimate of drug-likeness (QED) is 0.166. The van der Waals surface area contributed by atoms with Crippen LogP contribution < -0.4 is 41.5 Å². The summed E-state index contributed by atoms with van der Waals surface area (Å²) in [6, 6.07) is 60.1. The topological polar surface area (TPSA) is 9.72 Å². The van der Waals surface area contributed by atoms with E-state index in [0.29, 0.717) is 5.92 Å². The number of para-hydroxylation sites is 4. The van der Waals surface area contributed by atoms with Gasteiger partial charge in [0.15, 0.2) is 0 Å². The second-order valence-electron chi connectivity index (χ2n) is 16.9. The molecule has 3 aliphatic heterocycles. The maximum absolute atomic E-state index is 2.60. The van der Waals surface area contributed by atoms with Crippen LogP contribution in [0.4, 0.5) is 51.2 Å². The largest absolute Gasteiger partial charge is 0.311 e. The van der Waals surface area contributed by atoms with Gasteiger partial charge in [0, 0.05) is 51.2 Å². The van der Waals surface area contributed by atoms with Crippen molar-refractivity contribution in [3.8, 4) is 0 Å². The van der Waals surface area contributed by atoms with Crippen LogP contribution in [0.25, 0.3) is 0 Å². The molecule has 0 atom stereocenters. The SMILES string of the molecule is Cc1ccc2c(c1)B1c3ccc(N4c5ccccc5[Si](C)(C)c5ccccc54)cc3N(c3ccccc3)c3cc(C4CCCCC4)cc(c31)N2c1ccccc1. The zero-order chi connectivity index (χ0) is 37.5. The van der Waals surface area contributed by atoms with E-state index in [2.05, 4.69) is 192 Å². The first-order valence-corrected chi connectivity index (χ1v) is 23.6. The van der Waals surface area contributed by atoms with Crippen molar-refractivity contribution in [3.05, 3.63) is 169 Å². The summed E-state index contributed by atoms with van der Waals surface area (Å²) in [5.74, 6) is 0.556. The Labute approximate surface area is 333 Å². The van der Waals surface area contributed by atoms with Crippen molar-refractivity contribution in [2.75, 3.05) is 14.7 Å². The lowest BCUT2D eigenvalue weighted by Crippen LogP contribution is -2.61. The molecule has 1 saturated carbocycles. The van der Waals surface area contributed by atoms with E-state index >= 15 is 0 Å². The van der Waals surface area contributed by atoms with Gasteiger partial charge in [0.25, 0.3) is 6.71 Å². The third-order valence-electron chi connectivity index (χ3n) is 13.2. The normalized spacial score (nSPS) is 16.4. The maximum Gasteiger partial charge on any atom is 0.252 e. The van der Waals surface area contributed by atoms with Crippen LogP contribution in [0.1, 0.15) is 49.1 Å². The molecule has 0 N–H and O–H groups in total. The molecule has 3 nitrogen and oxygen atoms in total. The number of rotatable bonds is 4. The van der Waals surface area contributed by atoms with Crippen molar-refractivity contribution >= 4 is 92.7 Å². The third kappa shape index (κ3) is 5.03. The third-order valence-corrected chi connectivity index (χ3v) is 16.8. The van der Waals surface area contributed by atoms with Gasteiger partial charge in [0.1, 0.15) is 8.07 Å². The standard InChI is InChI=1S/C51H46BN3Si/c1-35-27-30-43-42(31-35)52-41-29-28-40(55-44-23-13-15-25-49(44)56(2,3)50-26-16-14-24-45(50)55)34-46(41)54(39-21-11-6-12-22-39)48-33-37(36-17-7-4-8-18-36)32-47(51(48)52)53(43)38-19-9-5-10-20-38/h5-6,9-16,19-34,36H,4,7-8,17-18H2,1-3H3. The lowest BCUT2D eigenvalue weighted by Gasteiger charge is -2.45. The van der Waals surface area contributed by atoms with Crippen LogP contribution >= 0.6 is 0 Å². The molecule has 1 aliphatic carbocycles. The fourth-order valence-electron chi connectivity index (χ4n) is 10.6. The molecular formula is C51H46BN3Si. The molecule has 0 spiro atoms. The number of anilines is 9. The van der Waals surface area contributed by atoms with Gasteiger partial charge in [-0.05, 0) is 125 Å². The molecule has 0 aromatic heterocycles. The molecule has 0 radical (unpaired) electrons. The fraction of sp³-hybridized carbons (Fsp3) is 0.176. The van der Waals surface area contributed by atoms with Crippen LogP contribution in [-0.4, -0.2) is 14.8 Å². The van der Waals surface area contributed by atoms with Crippen molar-refractivity contribution < 1.29 is 0 Å². The van der Waals surface area contributed by atoms with Crippen LogP contribution in [-0.2, 0) is 0 Å². The van der Waals surface area contributed by atoms with E-state index in [1.54, 1.807) is 0 Å². The number of benzene rings is 7. The van der Waals surface area contributed by atoms with E-state index in [4.69, 9.17) is 0 Å². The summed E-state index contributed by atoms with van der Waals surface area (Å²) in [4.78, 5) is 7.71. The molecule has 0 unspecified atom stereocenters. The monoisotopic (exact) mass is 739 g/mol. The smallest absolute Gasteiger partial charge is 0.252 e. The summed E-state index contributed by atoms with van der Waals surface area (Å²) in [7, 11) is -1.92. The number of nitrogens with zero attached hydrogens (tertiary/aromatic N) is 3. The molecule has 0 saturated heterocycles. The number of fused-ring (bicyclic) bond motifs is 6. The minimum absolute atomic E-state index is 0.0894. The minimum Gasteiger partial charge on any atom is -0.311 e. The van der Waals surface area contributed by atoms with Gasteiger partial charge in [0.2, 0.25) is 0 Å². The first-order chi connectivity index (χ1) is 27.5. The van der Waals surface area contributed by atoms with E-state index in [1.165, 1.54) is 121 Å². The molecular weight excluding hydrogens is 693 g/mol. The molecule has 4 aliphatic rings. The Hall–Kier alpha value is -5.78. The van der Waals surface area contributed by atoms with Gasteiger partial charge in [-0.3, -0.25) is 0 Å². The Morgan fingerprint density at radius 1 is 0.464 bits per heavy atom. The Bertz CT molecular complexity index is 2600. The second kappa shape index (κ2) is 12.9. The highest BCUT2D eigenvalue weighted by Gasteiger charge is 2.45. The van der Waals surface area contributed by atoms with Crippen LogP contribution in [0.15, 0.2) is 158 Å². The van der Waals surface area contributed by atoms with E-state index in [9.17, 15) is 0 Å². The molecule has 1 fully saturated rings. The molecule has 7 aromatic rings. The first kappa shape index (κ1) is 33.6. The molecule has 5 heteroatoms. The summed E-state index contributed by atoms with van der Waals surface area (Å²) in [5.41, 5.74) is 18.3. The summed E-state index contributed by atoms with van der Waals surface area (Å²) >= 11 is 0. The number of hydrogen-bond acceptors (Lipinski definition) is 3. The van der Waals surface area contributed by atoms with Crippen molar-refractivity contribution in [2.24, 2.45) is 0 Å². The van der Waals surface area contributed by atoms with Gasteiger partial charge >= 0.3 is 0 Å². The molecule has 0 bridgehead atoms. The Morgan fingerprint density at radius 2 is 1.02 bits per heavy atom. The number of hydrogen-bond donors (Lipinski definition) is 0. The average Bonchev–Trinajstić information content (AvgIpc) is 3.24. The lowest BCUT2D eigenvalue weighted by atomic mass is 9.33. The molecule has 3 heterocycles. The second-order valence-corrected chi connectivity index (χ2v) is 21.2. The van der Waals surface area contributed by atoms with E-state index in [0.717, 1.165) is 0 Å². The van der Waals surface area contributed by atoms with Crippen molar-refractivity contribution in [1.29, 1.82) is 0 Å². The van der Waals surface area contributed by atoms with Gasteiger partial charge in [-0.2, -0.15) is 0 Å². The molecule has 272 valence electrons. The first-order valence-electron chi connectivity index (χ1n) is 20.6. The zero-order valence-corrected chi connectivity index (χ0v) is 33.5. The zero-order valence-electron chi connectivity index (χ0n) is 32.5. The Morgan fingerprint density at radius 3 is 1.64 bits per heavy atom. The van der Waals surface area contributed by atoms with Gasteiger partial charge in [0.05, 0.1) is 0 Å². The van der Waals surface area contributed by atoms with E-state index in [-0.39, 0.29) is 6.71 Å². The highest BCUT2D eigenvalue weighted by molar-refractivity contribution is 7.03. The minimum atomic E-state index is -1.92. The maximum atomic E-state index is 2.60. The highest BCUT2D eigenvalue weighted by atomic mass is 28.3. The van der Waals surface area contributed by atoms with Gasteiger partial charge in [-0.15, -0.1) is 0 Å². The van der Waals surface area contributed by atoms with Crippen LogP contribution in [0.5, 0.6) is 0 Å². The van der Waals surface area contributed by atoms with Gasteiger partial charge < -0.3 is 14.7 Å². The van der Waals surface area contributed by atoms with Crippen LogP contribution in [0.3, 0.4) is 0 Å². The van der Waals surface area contributed by atoms with E-state index < -0.39 is 8.07 Å². The Kier molecular flexibility index (Phi) is 7.72. The van der Waals surface area contributed by atoms with Crippen molar-refractivity contribution in [3.63, 3.8) is 0 Å². The average molecular weight is 740 g/mol. The fourth-order valence-corrected chi connectivity index (χ4v) is 13.6. The molecule has 11 rings (SSSR count). The lowest BCUT2D eigenvalue weighted by molar-refractivity contribution is 0.444. The summed E-state index contributed by atoms with van der Waals surface area (Å²) < 4.78 is 0.